The Morgan fingerprint density at radius 1 is 1.20 bits per heavy atom. The third-order valence-electron chi connectivity index (χ3n) is 4.30. The molecule has 0 spiro atoms. The summed E-state index contributed by atoms with van der Waals surface area (Å²) in [5.74, 6) is 0. The van der Waals surface area contributed by atoms with E-state index in [9.17, 15) is 0 Å². The zero-order valence-electron chi connectivity index (χ0n) is 14.0. The van der Waals surface area contributed by atoms with E-state index in [1.54, 1.807) is 0 Å². The minimum Gasteiger partial charge on any atom is -0.415 e. The topological polar surface area (TPSA) is 27.1 Å². The van der Waals surface area contributed by atoms with Gasteiger partial charge < -0.3 is 4.43 Å². The summed E-state index contributed by atoms with van der Waals surface area (Å²) in [6.07, 6.45) is 2.03. The van der Waals surface area contributed by atoms with Gasteiger partial charge in [0, 0.05) is 0 Å². The zero-order valence-corrected chi connectivity index (χ0v) is 17.2. The third kappa shape index (κ3) is 4.07. The van der Waals surface area contributed by atoms with E-state index in [0.29, 0.717) is 0 Å². The highest BCUT2D eigenvalue weighted by molar-refractivity contribution is 14.1. The Morgan fingerprint density at radius 3 is 2.25 bits per heavy atom. The largest absolute Gasteiger partial charge is 0.415 e. The maximum Gasteiger partial charge on any atom is 0.192 e. The summed E-state index contributed by atoms with van der Waals surface area (Å²) >= 11 is 2.43. The number of halogens is 1. The van der Waals surface area contributed by atoms with Crippen LogP contribution < -0.4 is 0 Å². The van der Waals surface area contributed by atoms with E-state index >= 15 is 0 Å². The van der Waals surface area contributed by atoms with Crippen molar-refractivity contribution in [2.45, 2.75) is 72.1 Å². The van der Waals surface area contributed by atoms with Crippen LogP contribution in [0, 0.1) is 3.57 Å². The average Bonchev–Trinajstić information content (AvgIpc) is 2.63. The molecule has 116 valence electrons. The van der Waals surface area contributed by atoms with Crippen molar-refractivity contribution >= 4 is 30.9 Å². The highest BCUT2D eigenvalue weighted by atomic mass is 127. The van der Waals surface area contributed by atoms with E-state index < -0.39 is 8.32 Å². The molecule has 3 nitrogen and oxygen atoms in total. The molecule has 0 fully saturated rings. The number of nitrogens with zero attached hydrogens (tertiary/aromatic N) is 2. The van der Waals surface area contributed by atoms with Crippen LogP contribution in [-0.2, 0) is 23.8 Å². The SMILES string of the molecule is CCc1nn(CCO[Si](C)(C)C(C)(C)C)c(CC)c1I. The van der Waals surface area contributed by atoms with Crippen molar-refractivity contribution in [3.8, 4) is 0 Å². The standard InChI is InChI=1S/C15H29IN2OSi/c1-8-12-14(16)13(9-2)18(17-12)10-11-19-20(6,7)15(3,4)5/h8-11H2,1-7H3. The molecule has 0 aromatic carbocycles. The Labute approximate surface area is 138 Å². The molecule has 0 aliphatic rings. The van der Waals surface area contributed by atoms with Gasteiger partial charge in [-0.3, -0.25) is 4.68 Å². The predicted molar refractivity (Wildman–Crippen MR) is 96.8 cm³/mol. The van der Waals surface area contributed by atoms with Crippen molar-refractivity contribution in [2.24, 2.45) is 0 Å². The molecule has 5 heteroatoms. The van der Waals surface area contributed by atoms with Crippen LogP contribution in [0.25, 0.3) is 0 Å². The molecule has 0 unspecified atom stereocenters. The van der Waals surface area contributed by atoms with Gasteiger partial charge in [-0.05, 0) is 53.6 Å². The first-order valence-electron chi connectivity index (χ1n) is 7.52. The van der Waals surface area contributed by atoms with Crippen LogP contribution in [0.15, 0.2) is 0 Å². The van der Waals surface area contributed by atoms with Gasteiger partial charge in [0.1, 0.15) is 0 Å². The van der Waals surface area contributed by atoms with Gasteiger partial charge in [-0.15, -0.1) is 0 Å². The summed E-state index contributed by atoms with van der Waals surface area (Å²) < 4.78 is 9.74. The summed E-state index contributed by atoms with van der Waals surface area (Å²) in [4.78, 5) is 0. The molecule has 1 heterocycles. The van der Waals surface area contributed by atoms with Crippen LogP contribution >= 0.6 is 22.6 Å². The fourth-order valence-electron chi connectivity index (χ4n) is 1.88. The summed E-state index contributed by atoms with van der Waals surface area (Å²) in [6.45, 7) is 17.4. The fraction of sp³-hybridized carbons (Fsp3) is 0.800. The smallest absolute Gasteiger partial charge is 0.192 e. The second kappa shape index (κ2) is 6.92. The number of hydrogen-bond acceptors (Lipinski definition) is 2. The van der Waals surface area contributed by atoms with Gasteiger partial charge in [0.2, 0.25) is 0 Å². The first-order chi connectivity index (χ1) is 9.14. The van der Waals surface area contributed by atoms with Gasteiger partial charge in [0.05, 0.1) is 28.1 Å². The van der Waals surface area contributed by atoms with E-state index in [-0.39, 0.29) is 5.04 Å². The molecule has 0 N–H and O–H groups in total. The summed E-state index contributed by atoms with van der Waals surface area (Å²) in [5.41, 5.74) is 2.57. The molecule has 0 atom stereocenters. The van der Waals surface area contributed by atoms with Crippen molar-refractivity contribution < 1.29 is 4.43 Å². The lowest BCUT2D eigenvalue weighted by atomic mass is 10.2. The molecule has 0 amide bonds. The molecular weight excluding hydrogens is 379 g/mol. The van der Waals surface area contributed by atoms with Gasteiger partial charge in [0.25, 0.3) is 0 Å². The molecule has 0 bridgehead atoms. The summed E-state index contributed by atoms with van der Waals surface area (Å²) in [5, 5.41) is 5.00. The van der Waals surface area contributed by atoms with E-state index in [1.165, 1.54) is 15.0 Å². The minimum absolute atomic E-state index is 0.272. The summed E-state index contributed by atoms with van der Waals surface area (Å²) in [7, 11) is -1.64. The minimum atomic E-state index is -1.64. The predicted octanol–water partition coefficient (Wildman–Crippen LogP) is 4.63. The van der Waals surface area contributed by atoms with Crippen LogP contribution in [0.1, 0.15) is 46.0 Å². The van der Waals surface area contributed by atoms with E-state index in [0.717, 1.165) is 26.0 Å². The van der Waals surface area contributed by atoms with Crippen molar-refractivity contribution in [3.05, 3.63) is 15.0 Å². The average molecular weight is 408 g/mol. The second-order valence-corrected chi connectivity index (χ2v) is 12.6. The molecule has 1 aromatic heterocycles. The first-order valence-corrected chi connectivity index (χ1v) is 11.5. The van der Waals surface area contributed by atoms with Gasteiger partial charge in [-0.2, -0.15) is 5.10 Å². The van der Waals surface area contributed by atoms with Crippen molar-refractivity contribution in [1.29, 1.82) is 0 Å². The molecule has 1 rings (SSSR count). The quantitative estimate of drug-likeness (QED) is 0.507. The Kier molecular flexibility index (Phi) is 6.28. The van der Waals surface area contributed by atoms with Crippen LogP contribution in [0.4, 0.5) is 0 Å². The van der Waals surface area contributed by atoms with Crippen molar-refractivity contribution in [1.82, 2.24) is 9.78 Å². The lowest BCUT2D eigenvalue weighted by Crippen LogP contribution is -2.41. The highest BCUT2D eigenvalue weighted by Gasteiger charge is 2.36. The van der Waals surface area contributed by atoms with Crippen LogP contribution in [-0.4, -0.2) is 24.7 Å². The molecule has 0 saturated heterocycles. The zero-order chi connectivity index (χ0) is 15.6. The molecular formula is C15H29IN2OSi. The molecule has 0 aliphatic carbocycles. The molecule has 20 heavy (non-hydrogen) atoms. The van der Waals surface area contributed by atoms with Gasteiger partial charge >= 0.3 is 0 Å². The van der Waals surface area contributed by atoms with Crippen LogP contribution in [0.2, 0.25) is 18.1 Å². The third-order valence-corrected chi connectivity index (χ3v) is 10.1. The maximum atomic E-state index is 6.26. The first kappa shape index (κ1) is 18.2. The van der Waals surface area contributed by atoms with Gasteiger partial charge in [0.15, 0.2) is 8.32 Å². The maximum absolute atomic E-state index is 6.26. The number of hydrogen-bond donors (Lipinski definition) is 0. The van der Waals surface area contributed by atoms with E-state index in [1.807, 2.05) is 0 Å². The molecule has 0 aliphatic heterocycles. The monoisotopic (exact) mass is 408 g/mol. The van der Waals surface area contributed by atoms with E-state index in [4.69, 9.17) is 9.52 Å². The number of rotatable bonds is 6. The van der Waals surface area contributed by atoms with E-state index in [2.05, 4.69) is 75.0 Å². The normalized spacial score (nSPS) is 13.0. The second-order valence-electron chi connectivity index (χ2n) is 6.75. The number of aryl methyl sites for hydroxylation is 1. The summed E-state index contributed by atoms with van der Waals surface area (Å²) in [6, 6.07) is 0. The Balaban J connectivity index is 2.72. The fourth-order valence-corrected chi connectivity index (χ4v) is 4.07. The Morgan fingerprint density at radius 2 is 1.80 bits per heavy atom. The lowest BCUT2D eigenvalue weighted by molar-refractivity contribution is 0.264. The highest BCUT2D eigenvalue weighted by Crippen LogP contribution is 2.36. The molecule has 0 saturated carbocycles. The Hall–Kier alpha value is 0.117. The van der Waals surface area contributed by atoms with Crippen molar-refractivity contribution in [2.75, 3.05) is 6.61 Å². The van der Waals surface area contributed by atoms with Crippen molar-refractivity contribution in [3.63, 3.8) is 0 Å². The molecule has 0 radical (unpaired) electrons. The van der Waals surface area contributed by atoms with Crippen LogP contribution in [0.5, 0.6) is 0 Å². The molecule has 1 aromatic rings. The van der Waals surface area contributed by atoms with Gasteiger partial charge in [-0.1, -0.05) is 34.6 Å². The number of aromatic nitrogens is 2. The van der Waals surface area contributed by atoms with Gasteiger partial charge in [-0.25, -0.2) is 0 Å². The van der Waals surface area contributed by atoms with Crippen LogP contribution in [0.3, 0.4) is 0 Å². The Bertz CT molecular complexity index is 449. The lowest BCUT2D eigenvalue weighted by Gasteiger charge is -2.36.